The summed E-state index contributed by atoms with van der Waals surface area (Å²) >= 11 is 0. The van der Waals surface area contributed by atoms with Gasteiger partial charge in [0.25, 0.3) is 0 Å². The van der Waals surface area contributed by atoms with Gasteiger partial charge >= 0.3 is 0 Å². The van der Waals surface area contributed by atoms with Gasteiger partial charge in [0.1, 0.15) is 5.69 Å². The van der Waals surface area contributed by atoms with Crippen LogP contribution >= 0.6 is 0 Å². The largest absolute Gasteiger partial charge is 0.335 e. The maximum atomic E-state index is 4.70. The van der Waals surface area contributed by atoms with Crippen LogP contribution in [0.4, 0.5) is 0 Å². The highest BCUT2D eigenvalue weighted by Gasteiger charge is 2.16. The van der Waals surface area contributed by atoms with E-state index < -0.39 is 0 Å². The molecule has 0 fully saturated rings. The van der Waals surface area contributed by atoms with Crippen molar-refractivity contribution in [3.05, 3.63) is 79.3 Å². The molecule has 0 unspecified atom stereocenters. The van der Waals surface area contributed by atoms with Gasteiger partial charge in [-0.2, -0.15) is 5.10 Å². The molecule has 0 aliphatic carbocycles. The van der Waals surface area contributed by atoms with Crippen molar-refractivity contribution in [3.63, 3.8) is 0 Å². The number of imidazole rings is 1. The molecule has 1 aromatic carbocycles. The maximum Gasteiger partial charge on any atom is 0.178 e. The van der Waals surface area contributed by atoms with Gasteiger partial charge in [-0.25, -0.2) is 9.97 Å². The number of benzene rings is 1. The fourth-order valence-corrected chi connectivity index (χ4v) is 3.58. The molecule has 4 heterocycles. The number of H-pyrrole nitrogens is 2. The third-order valence-corrected chi connectivity index (χ3v) is 5.08. The van der Waals surface area contributed by atoms with Crippen molar-refractivity contribution in [1.29, 1.82) is 0 Å². The van der Waals surface area contributed by atoms with Crippen molar-refractivity contribution >= 4 is 33.9 Å². The van der Waals surface area contributed by atoms with E-state index in [0.29, 0.717) is 11.5 Å². The molecule has 2 N–H and O–H groups in total. The van der Waals surface area contributed by atoms with Crippen LogP contribution in [0.25, 0.3) is 50.4 Å². The van der Waals surface area contributed by atoms with Gasteiger partial charge in [0, 0.05) is 35.8 Å². The summed E-state index contributed by atoms with van der Waals surface area (Å²) in [5, 5.41) is 8.57. The van der Waals surface area contributed by atoms with Gasteiger partial charge < -0.3 is 4.98 Å². The van der Waals surface area contributed by atoms with E-state index in [1.807, 2.05) is 49.4 Å². The van der Waals surface area contributed by atoms with Crippen LogP contribution in [0.1, 0.15) is 12.5 Å². The molecule has 0 aliphatic rings. The molecule has 5 rings (SSSR count). The van der Waals surface area contributed by atoms with Crippen molar-refractivity contribution in [2.24, 2.45) is 4.99 Å². The highest BCUT2D eigenvalue weighted by molar-refractivity contribution is 6.11. The van der Waals surface area contributed by atoms with Gasteiger partial charge in [0.05, 0.1) is 16.7 Å². The first-order chi connectivity index (χ1) is 15.3. The molecule has 0 bridgehead atoms. The first-order valence-corrected chi connectivity index (χ1v) is 9.84. The van der Waals surface area contributed by atoms with Gasteiger partial charge in [-0.1, -0.05) is 24.8 Å². The second-order valence-corrected chi connectivity index (χ2v) is 6.89. The number of hydrogen-bond donors (Lipinski definition) is 2. The summed E-state index contributed by atoms with van der Waals surface area (Å²) in [6.07, 6.45) is 8.84. The molecule has 0 atom stereocenters. The second-order valence-electron chi connectivity index (χ2n) is 6.89. The number of rotatable bonds is 5. The van der Waals surface area contributed by atoms with Crippen molar-refractivity contribution in [1.82, 2.24) is 30.1 Å². The molecule has 0 spiro atoms. The van der Waals surface area contributed by atoms with Gasteiger partial charge in [-0.05, 0) is 48.4 Å². The molecule has 0 amide bonds. The lowest BCUT2D eigenvalue weighted by Crippen LogP contribution is -1.87. The summed E-state index contributed by atoms with van der Waals surface area (Å²) in [4.78, 5) is 21.1. The predicted molar refractivity (Wildman–Crippen MR) is 125 cm³/mol. The van der Waals surface area contributed by atoms with Gasteiger partial charge in [-0.15, -0.1) is 0 Å². The monoisotopic (exact) mass is 405 g/mol. The molecule has 5 aromatic rings. The number of aliphatic imine (C=N–C) groups is 1. The number of nitrogens with zero attached hydrogens (tertiary/aromatic N) is 5. The van der Waals surface area contributed by atoms with Crippen LogP contribution in [0.3, 0.4) is 0 Å². The summed E-state index contributed by atoms with van der Waals surface area (Å²) in [7, 11) is 0. The standard InChI is InChI=1S/C24H19N7/c1-3-15(14-25-4-2)16-8-9-20-18(13-16)22(31-30-20)24-28-21-17(10-12-27-23(21)29-24)19-7-5-6-11-26-19/h3-14H,2H2,1H3,(H,30,31)(H,27,28,29)/b15-3+,25-14?. The lowest BCUT2D eigenvalue weighted by molar-refractivity contribution is 1.10. The number of pyridine rings is 2. The van der Waals surface area contributed by atoms with Crippen LogP contribution in [0.2, 0.25) is 0 Å². The first-order valence-electron chi connectivity index (χ1n) is 9.84. The number of nitrogens with one attached hydrogen (secondary N) is 2. The Morgan fingerprint density at radius 3 is 2.84 bits per heavy atom. The number of fused-ring (bicyclic) bond motifs is 2. The fraction of sp³-hybridized carbons (Fsp3) is 0.0417. The van der Waals surface area contributed by atoms with Crippen LogP contribution < -0.4 is 0 Å². The van der Waals surface area contributed by atoms with Crippen molar-refractivity contribution in [3.8, 4) is 22.8 Å². The molecular weight excluding hydrogens is 386 g/mol. The molecule has 0 aliphatic heterocycles. The Bertz CT molecular complexity index is 1460. The Labute approximate surface area is 178 Å². The molecule has 31 heavy (non-hydrogen) atoms. The Morgan fingerprint density at radius 2 is 2.03 bits per heavy atom. The second kappa shape index (κ2) is 7.79. The topological polar surface area (TPSA) is 95.5 Å². The Kier molecular flexibility index (Phi) is 4.68. The minimum atomic E-state index is 0.623. The van der Waals surface area contributed by atoms with E-state index in [2.05, 4.69) is 42.8 Å². The van der Waals surface area contributed by atoms with E-state index in [1.165, 1.54) is 6.20 Å². The van der Waals surface area contributed by atoms with E-state index in [4.69, 9.17) is 4.98 Å². The van der Waals surface area contributed by atoms with Gasteiger partial charge in [-0.3, -0.25) is 15.1 Å². The summed E-state index contributed by atoms with van der Waals surface area (Å²) in [5.41, 5.74) is 6.95. The zero-order chi connectivity index (χ0) is 21.2. The minimum Gasteiger partial charge on any atom is -0.335 e. The van der Waals surface area contributed by atoms with E-state index in [0.717, 1.165) is 44.5 Å². The normalized spacial score (nSPS) is 12.2. The molecule has 7 nitrogen and oxygen atoms in total. The zero-order valence-corrected chi connectivity index (χ0v) is 16.9. The number of allylic oxidation sites excluding steroid dienone is 2. The molecule has 4 aromatic heterocycles. The van der Waals surface area contributed by atoms with Crippen LogP contribution in [-0.4, -0.2) is 36.3 Å². The summed E-state index contributed by atoms with van der Waals surface area (Å²) in [6, 6.07) is 13.9. The van der Waals surface area contributed by atoms with E-state index in [9.17, 15) is 0 Å². The van der Waals surface area contributed by atoms with Crippen molar-refractivity contribution < 1.29 is 0 Å². The highest BCUT2D eigenvalue weighted by atomic mass is 15.1. The Balaban J connectivity index is 1.65. The predicted octanol–water partition coefficient (Wildman–Crippen LogP) is 5.18. The van der Waals surface area contributed by atoms with Crippen LogP contribution in [-0.2, 0) is 0 Å². The highest BCUT2D eigenvalue weighted by Crippen LogP contribution is 2.31. The fourth-order valence-electron chi connectivity index (χ4n) is 3.58. The molecule has 0 saturated heterocycles. The van der Waals surface area contributed by atoms with E-state index in [-0.39, 0.29) is 0 Å². The average molecular weight is 405 g/mol. The first kappa shape index (κ1) is 18.6. The van der Waals surface area contributed by atoms with Gasteiger partial charge in [0.2, 0.25) is 0 Å². The SMILES string of the molecule is C=CN=C/C(=C\C)c1ccc2[nH]nc(-c3nc4nccc(-c5ccccn5)c4[nH]3)c2c1. The summed E-state index contributed by atoms with van der Waals surface area (Å²) < 4.78 is 0. The minimum absolute atomic E-state index is 0.623. The smallest absolute Gasteiger partial charge is 0.178 e. The average Bonchev–Trinajstić information content (AvgIpc) is 3.43. The third-order valence-electron chi connectivity index (χ3n) is 5.08. The van der Waals surface area contributed by atoms with E-state index >= 15 is 0 Å². The number of aromatic nitrogens is 6. The van der Waals surface area contributed by atoms with Crippen LogP contribution in [0.5, 0.6) is 0 Å². The lowest BCUT2D eigenvalue weighted by atomic mass is 10.0. The van der Waals surface area contributed by atoms with Gasteiger partial charge in [0.15, 0.2) is 11.5 Å². The number of hydrogen-bond acceptors (Lipinski definition) is 5. The molecular formula is C24H19N7. The van der Waals surface area contributed by atoms with Crippen molar-refractivity contribution in [2.45, 2.75) is 6.92 Å². The summed E-state index contributed by atoms with van der Waals surface area (Å²) in [6.45, 7) is 5.62. The number of aromatic amines is 2. The van der Waals surface area contributed by atoms with Crippen LogP contribution in [0, 0.1) is 0 Å². The van der Waals surface area contributed by atoms with Crippen LogP contribution in [0.15, 0.2) is 78.7 Å². The zero-order valence-electron chi connectivity index (χ0n) is 16.9. The molecule has 0 radical (unpaired) electrons. The molecule has 0 saturated carbocycles. The Morgan fingerprint density at radius 1 is 1.10 bits per heavy atom. The summed E-state index contributed by atoms with van der Waals surface area (Å²) in [5.74, 6) is 0.649. The lowest BCUT2D eigenvalue weighted by Gasteiger charge is -2.02. The van der Waals surface area contributed by atoms with Crippen molar-refractivity contribution in [2.75, 3.05) is 0 Å². The Hall–Kier alpha value is -4.39. The molecule has 7 heteroatoms. The quantitative estimate of drug-likeness (QED) is 0.394. The van der Waals surface area contributed by atoms with E-state index in [1.54, 1.807) is 18.6 Å². The molecule has 150 valence electrons. The maximum absolute atomic E-state index is 4.70. The third kappa shape index (κ3) is 3.32.